The van der Waals surface area contributed by atoms with Crippen LogP contribution in [0.2, 0.25) is 0 Å². The molecule has 0 aromatic carbocycles. The Bertz CT molecular complexity index is 268. The van der Waals surface area contributed by atoms with E-state index in [0.717, 1.165) is 44.9 Å². The monoisotopic (exact) mass is 314 g/mol. The molecule has 0 radical (unpaired) electrons. The fraction of sp³-hybridized carbons (Fsp3) is 0.944. The molecule has 22 heavy (non-hydrogen) atoms. The highest BCUT2D eigenvalue weighted by Crippen LogP contribution is 2.18. The highest BCUT2D eigenvalue weighted by atomic mass is 17.2. The van der Waals surface area contributed by atoms with Crippen LogP contribution in [-0.2, 0) is 14.6 Å². The summed E-state index contributed by atoms with van der Waals surface area (Å²) in [4.78, 5) is 21.8. The second kappa shape index (κ2) is 14.0. The van der Waals surface area contributed by atoms with Crippen LogP contribution < -0.4 is 0 Å². The summed E-state index contributed by atoms with van der Waals surface area (Å²) in [7, 11) is 0. The number of aliphatic hydroxyl groups excluding tert-OH is 1. The maximum atomic E-state index is 11.5. The smallest absolute Gasteiger partial charge is 0.342 e. The Morgan fingerprint density at radius 3 is 2.27 bits per heavy atom. The summed E-state index contributed by atoms with van der Waals surface area (Å²) in [6.07, 6.45) is 16.4. The van der Waals surface area contributed by atoms with Crippen molar-refractivity contribution in [1.29, 1.82) is 0 Å². The first-order chi connectivity index (χ1) is 10.8. The van der Waals surface area contributed by atoms with Crippen LogP contribution in [0.15, 0.2) is 0 Å². The minimum atomic E-state index is -0.212. The van der Waals surface area contributed by atoms with Crippen molar-refractivity contribution in [3.8, 4) is 0 Å². The largest absolute Gasteiger partial charge is 0.396 e. The van der Waals surface area contributed by atoms with Crippen molar-refractivity contribution < 1.29 is 19.7 Å². The van der Waals surface area contributed by atoms with E-state index in [1.165, 1.54) is 44.9 Å². The van der Waals surface area contributed by atoms with Gasteiger partial charge < -0.3 is 5.11 Å². The molecule has 0 amide bonds. The molecule has 4 nitrogen and oxygen atoms in total. The van der Waals surface area contributed by atoms with Crippen molar-refractivity contribution in [3.05, 3.63) is 0 Å². The number of rotatable bonds is 9. The molecule has 4 heteroatoms. The molecule has 1 heterocycles. The standard InChI is InChI=1S/C18H34O4/c19-16-12-8-3-1-2-5-9-13-17-14-10-6-4-7-11-15-18(20)22-21-17/h17,19H,1-16H2. The average Bonchev–Trinajstić information content (AvgIpc) is 2.57. The summed E-state index contributed by atoms with van der Waals surface area (Å²) in [5.41, 5.74) is 0. The van der Waals surface area contributed by atoms with Gasteiger partial charge in [0.05, 0.1) is 0 Å². The lowest BCUT2D eigenvalue weighted by Crippen LogP contribution is -2.16. The lowest BCUT2D eigenvalue weighted by atomic mass is 10.0. The lowest BCUT2D eigenvalue weighted by molar-refractivity contribution is -0.300. The van der Waals surface area contributed by atoms with E-state index in [1.54, 1.807) is 0 Å². The lowest BCUT2D eigenvalue weighted by Gasteiger charge is -2.15. The van der Waals surface area contributed by atoms with Crippen LogP contribution in [0.5, 0.6) is 0 Å². The summed E-state index contributed by atoms with van der Waals surface area (Å²) in [6, 6.07) is 0. The Morgan fingerprint density at radius 1 is 0.864 bits per heavy atom. The molecule has 1 atom stereocenters. The number of aliphatic hydroxyl groups is 1. The van der Waals surface area contributed by atoms with E-state index >= 15 is 0 Å². The van der Waals surface area contributed by atoms with Crippen molar-refractivity contribution in [2.24, 2.45) is 0 Å². The van der Waals surface area contributed by atoms with Gasteiger partial charge in [-0.3, -0.25) is 4.89 Å². The maximum Gasteiger partial charge on any atom is 0.342 e. The number of carbonyl (C=O) groups is 1. The van der Waals surface area contributed by atoms with E-state index in [0.29, 0.717) is 13.0 Å². The molecule has 1 N–H and O–H groups in total. The summed E-state index contributed by atoms with van der Waals surface area (Å²) in [5.74, 6) is -0.212. The van der Waals surface area contributed by atoms with Gasteiger partial charge in [0.2, 0.25) is 0 Å². The average molecular weight is 314 g/mol. The minimum absolute atomic E-state index is 0.0800. The van der Waals surface area contributed by atoms with E-state index in [4.69, 9.17) is 14.9 Å². The molecule has 0 aromatic rings. The fourth-order valence-corrected chi connectivity index (χ4v) is 2.94. The van der Waals surface area contributed by atoms with Gasteiger partial charge in [-0.15, -0.1) is 0 Å². The van der Waals surface area contributed by atoms with Crippen molar-refractivity contribution in [2.75, 3.05) is 6.61 Å². The van der Waals surface area contributed by atoms with Gasteiger partial charge in [0.15, 0.2) is 0 Å². The molecule has 0 bridgehead atoms. The molecular formula is C18H34O4. The van der Waals surface area contributed by atoms with E-state index in [1.807, 2.05) is 0 Å². The molecule has 1 saturated heterocycles. The van der Waals surface area contributed by atoms with Crippen LogP contribution in [0.3, 0.4) is 0 Å². The van der Waals surface area contributed by atoms with Gasteiger partial charge >= 0.3 is 5.97 Å². The van der Waals surface area contributed by atoms with E-state index < -0.39 is 0 Å². The second-order valence-corrected chi connectivity index (χ2v) is 6.47. The number of hydrogen-bond acceptors (Lipinski definition) is 4. The van der Waals surface area contributed by atoms with E-state index in [2.05, 4.69) is 0 Å². The molecule has 0 spiro atoms. The summed E-state index contributed by atoms with van der Waals surface area (Å²) in [5, 5.41) is 8.72. The molecule has 1 aliphatic rings. The predicted molar refractivity (Wildman–Crippen MR) is 87.3 cm³/mol. The van der Waals surface area contributed by atoms with Crippen LogP contribution in [0, 0.1) is 0 Å². The molecule has 1 rings (SSSR count). The van der Waals surface area contributed by atoms with Gasteiger partial charge in [0, 0.05) is 13.0 Å². The first-order valence-corrected chi connectivity index (χ1v) is 9.30. The van der Waals surface area contributed by atoms with Crippen molar-refractivity contribution in [2.45, 2.75) is 102 Å². The van der Waals surface area contributed by atoms with Crippen molar-refractivity contribution in [3.63, 3.8) is 0 Å². The Morgan fingerprint density at radius 2 is 1.50 bits per heavy atom. The van der Waals surface area contributed by atoms with Crippen LogP contribution >= 0.6 is 0 Å². The van der Waals surface area contributed by atoms with Crippen LogP contribution in [-0.4, -0.2) is 23.8 Å². The first-order valence-electron chi connectivity index (χ1n) is 9.30. The molecule has 1 unspecified atom stereocenters. The summed E-state index contributed by atoms with van der Waals surface area (Å²) < 4.78 is 0. The van der Waals surface area contributed by atoms with Gasteiger partial charge in [-0.05, 0) is 25.7 Å². The Balaban J connectivity index is 2.08. The minimum Gasteiger partial charge on any atom is -0.396 e. The molecule has 130 valence electrons. The van der Waals surface area contributed by atoms with Crippen molar-refractivity contribution >= 4 is 5.97 Å². The maximum absolute atomic E-state index is 11.5. The third kappa shape index (κ3) is 11.0. The SMILES string of the molecule is O=C1CCCCCCCC(CCCCCCCCCO)OO1. The van der Waals surface area contributed by atoms with Gasteiger partial charge in [-0.1, -0.05) is 64.2 Å². The van der Waals surface area contributed by atoms with Gasteiger partial charge in [0.25, 0.3) is 0 Å². The second-order valence-electron chi connectivity index (χ2n) is 6.47. The third-order valence-electron chi connectivity index (χ3n) is 4.37. The topological polar surface area (TPSA) is 55.8 Å². The van der Waals surface area contributed by atoms with Gasteiger partial charge in [-0.2, -0.15) is 4.89 Å². The number of hydrogen-bond donors (Lipinski definition) is 1. The van der Waals surface area contributed by atoms with E-state index in [9.17, 15) is 4.79 Å². The van der Waals surface area contributed by atoms with Crippen LogP contribution in [0.1, 0.15) is 96.3 Å². The predicted octanol–water partition coefficient (Wildman–Crippen LogP) is 4.69. The quantitative estimate of drug-likeness (QED) is 0.495. The van der Waals surface area contributed by atoms with E-state index in [-0.39, 0.29) is 12.1 Å². The molecule has 0 aliphatic carbocycles. The molecule has 1 aliphatic heterocycles. The molecule has 1 fully saturated rings. The fourth-order valence-electron chi connectivity index (χ4n) is 2.94. The van der Waals surface area contributed by atoms with Crippen molar-refractivity contribution in [1.82, 2.24) is 0 Å². The molecule has 0 saturated carbocycles. The normalized spacial score (nSPS) is 21.1. The Labute approximate surface area is 135 Å². The number of carbonyl (C=O) groups excluding carboxylic acids is 1. The Hall–Kier alpha value is -0.610. The summed E-state index contributed by atoms with van der Waals surface area (Å²) >= 11 is 0. The molecule has 0 aromatic heterocycles. The zero-order valence-corrected chi connectivity index (χ0v) is 14.1. The highest BCUT2D eigenvalue weighted by Gasteiger charge is 2.14. The third-order valence-corrected chi connectivity index (χ3v) is 4.37. The first kappa shape index (κ1) is 19.4. The van der Waals surface area contributed by atoms with Gasteiger partial charge in [0.1, 0.15) is 6.10 Å². The van der Waals surface area contributed by atoms with Crippen LogP contribution in [0.4, 0.5) is 0 Å². The number of unbranched alkanes of at least 4 members (excludes halogenated alkanes) is 6. The molecular weight excluding hydrogens is 280 g/mol. The Kier molecular flexibility index (Phi) is 12.4. The zero-order chi connectivity index (χ0) is 15.9. The van der Waals surface area contributed by atoms with Gasteiger partial charge in [-0.25, -0.2) is 4.79 Å². The zero-order valence-electron chi connectivity index (χ0n) is 14.1. The highest BCUT2D eigenvalue weighted by molar-refractivity contribution is 5.68. The summed E-state index contributed by atoms with van der Waals surface area (Å²) in [6.45, 7) is 0.317. The van der Waals surface area contributed by atoms with Crippen LogP contribution in [0.25, 0.3) is 0 Å².